The van der Waals surface area contributed by atoms with E-state index in [9.17, 15) is 0 Å². The quantitative estimate of drug-likeness (QED) is 0.492. The number of hydrogen-bond donors (Lipinski definition) is 0. The molecule has 1 aromatic rings. The van der Waals surface area contributed by atoms with Gasteiger partial charge < -0.3 is 0 Å². The summed E-state index contributed by atoms with van der Waals surface area (Å²) in [5, 5.41) is 0. The van der Waals surface area contributed by atoms with E-state index in [2.05, 4.69) is 50.8 Å². The standard InChI is InChI=1S/C17H24Se/c1-4-7-14-17(15(6-3)11-5-2)18-16-12-9-8-10-13-16/h5,8-10,12-13H,2,4,6-7,11,14H2,1,3H3/b17-15+. The molecule has 0 nitrogen and oxygen atoms in total. The van der Waals surface area contributed by atoms with Crippen LogP contribution in [0.3, 0.4) is 0 Å². The van der Waals surface area contributed by atoms with Crippen molar-refractivity contribution in [3.05, 3.63) is 53.0 Å². The van der Waals surface area contributed by atoms with E-state index in [4.69, 9.17) is 0 Å². The molecule has 0 heterocycles. The van der Waals surface area contributed by atoms with Crippen molar-refractivity contribution in [1.82, 2.24) is 0 Å². The topological polar surface area (TPSA) is 0 Å². The Bertz CT molecular complexity index is 376. The fraction of sp³-hybridized carbons (Fsp3) is 0.412. The summed E-state index contributed by atoms with van der Waals surface area (Å²) < 4.78 is 3.18. The number of benzene rings is 1. The number of rotatable bonds is 8. The maximum atomic E-state index is 3.89. The summed E-state index contributed by atoms with van der Waals surface area (Å²) in [4.78, 5) is 0. The minimum atomic E-state index is 0.491. The average molecular weight is 307 g/mol. The van der Waals surface area contributed by atoms with E-state index in [1.54, 1.807) is 10.0 Å². The van der Waals surface area contributed by atoms with Crippen molar-refractivity contribution in [1.29, 1.82) is 0 Å². The van der Waals surface area contributed by atoms with Gasteiger partial charge in [0.15, 0.2) is 0 Å². The number of unbranched alkanes of at least 4 members (excludes halogenated alkanes) is 1. The first kappa shape index (κ1) is 15.3. The predicted molar refractivity (Wildman–Crippen MR) is 83.5 cm³/mol. The molecule has 0 amide bonds. The van der Waals surface area contributed by atoms with Gasteiger partial charge in [0, 0.05) is 0 Å². The summed E-state index contributed by atoms with van der Waals surface area (Å²) in [6.45, 7) is 8.43. The van der Waals surface area contributed by atoms with Crippen LogP contribution in [0.1, 0.15) is 46.0 Å². The molecule has 0 aliphatic heterocycles. The van der Waals surface area contributed by atoms with Gasteiger partial charge in [0.1, 0.15) is 0 Å². The van der Waals surface area contributed by atoms with Crippen LogP contribution in [0.15, 0.2) is 53.0 Å². The van der Waals surface area contributed by atoms with E-state index in [-0.39, 0.29) is 0 Å². The van der Waals surface area contributed by atoms with E-state index in [1.807, 2.05) is 6.08 Å². The molecule has 0 aliphatic rings. The maximum absolute atomic E-state index is 3.89. The Morgan fingerprint density at radius 1 is 1.22 bits per heavy atom. The molecule has 0 atom stereocenters. The first-order valence-electron chi connectivity index (χ1n) is 6.86. The van der Waals surface area contributed by atoms with Crippen molar-refractivity contribution < 1.29 is 0 Å². The summed E-state index contributed by atoms with van der Waals surface area (Å²) in [6.07, 6.45) is 8.13. The third-order valence-electron chi connectivity index (χ3n) is 2.95. The van der Waals surface area contributed by atoms with Crippen molar-refractivity contribution in [2.24, 2.45) is 0 Å². The van der Waals surface area contributed by atoms with Gasteiger partial charge in [-0.05, 0) is 0 Å². The van der Waals surface area contributed by atoms with Gasteiger partial charge >= 0.3 is 118 Å². The molecular weight excluding hydrogens is 283 g/mol. The van der Waals surface area contributed by atoms with Gasteiger partial charge in [0.25, 0.3) is 0 Å². The van der Waals surface area contributed by atoms with E-state index in [1.165, 1.54) is 30.1 Å². The zero-order chi connectivity index (χ0) is 13.2. The molecular formula is C17H24Se. The van der Waals surface area contributed by atoms with Gasteiger partial charge in [-0.25, -0.2) is 0 Å². The van der Waals surface area contributed by atoms with Crippen molar-refractivity contribution in [3.63, 3.8) is 0 Å². The van der Waals surface area contributed by atoms with E-state index >= 15 is 0 Å². The first-order valence-corrected chi connectivity index (χ1v) is 8.57. The predicted octanol–water partition coefficient (Wildman–Crippen LogP) is 4.45. The Balaban J connectivity index is 2.86. The normalized spacial score (nSPS) is 12.1. The van der Waals surface area contributed by atoms with Crippen LogP contribution >= 0.6 is 0 Å². The molecule has 0 radical (unpaired) electrons. The molecule has 0 saturated carbocycles. The van der Waals surface area contributed by atoms with Gasteiger partial charge in [-0.15, -0.1) is 0 Å². The van der Waals surface area contributed by atoms with Crippen LogP contribution in [0.5, 0.6) is 0 Å². The Kier molecular flexibility index (Phi) is 7.80. The molecule has 0 saturated heterocycles. The van der Waals surface area contributed by atoms with Gasteiger partial charge in [0.2, 0.25) is 0 Å². The Morgan fingerprint density at radius 2 is 1.94 bits per heavy atom. The molecule has 18 heavy (non-hydrogen) atoms. The summed E-state index contributed by atoms with van der Waals surface area (Å²) in [5.74, 6) is 0. The monoisotopic (exact) mass is 308 g/mol. The van der Waals surface area contributed by atoms with Crippen LogP contribution in [0.2, 0.25) is 0 Å². The van der Waals surface area contributed by atoms with E-state index in [0.29, 0.717) is 15.0 Å². The first-order chi connectivity index (χ1) is 8.81. The summed E-state index contributed by atoms with van der Waals surface area (Å²) in [5.41, 5.74) is 1.61. The Morgan fingerprint density at radius 3 is 2.50 bits per heavy atom. The average Bonchev–Trinajstić information content (AvgIpc) is 2.42. The molecule has 1 rings (SSSR count). The van der Waals surface area contributed by atoms with Gasteiger partial charge in [-0.3, -0.25) is 0 Å². The van der Waals surface area contributed by atoms with Crippen LogP contribution in [0.4, 0.5) is 0 Å². The van der Waals surface area contributed by atoms with E-state index in [0.717, 1.165) is 6.42 Å². The van der Waals surface area contributed by atoms with Crippen LogP contribution in [0, 0.1) is 0 Å². The van der Waals surface area contributed by atoms with Crippen LogP contribution in [-0.2, 0) is 0 Å². The third kappa shape index (κ3) is 5.25. The minimum absolute atomic E-state index is 0.491. The van der Waals surface area contributed by atoms with Gasteiger partial charge in [-0.1, -0.05) is 0 Å². The summed E-state index contributed by atoms with van der Waals surface area (Å²) >= 11 is 0.491. The molecule has 0 bridgehead atoms. The van der Waals surface area contributed by atoms with Crippen molar-refractivity contribution in [2.45, 2.75) is 46.0 Å². The van der Waals surface area contributed by atoms with Crippen molar-refractivity contribution >= 4 is 19.4 Å². The SMILES string of the molecule is C=CC/C(CC)=C(\CCCC)[Se]c1ccccc1. The summed E-state index contributed by atoms with van der Waals surface area (Å²) in [6, 6.07) is 10.9. The second kappa shape index (κ2) is 9.19. The third-order valence-corrected chi connectivity index (χ3v) is 5.57. The van der Waals surface area contributed by atoms with Crippen LogP contribution < -0.4 is 4.46 Å². The summed E-state index contributed by atoms with van der Waals surface area (Å²) in [7, 11) is 0. The molecule has 0 aromatic heterocycles. The van der Waals surface area contributed by atoms with Gasteiger partial charge in [-0.2, -0.15) is 0 Å². The van der Waals surface area contributed by atoms with Crippen molar-refractivity contribution in [3.8, 4) is 0 Å². The Labute approximate surface area is 118 Å². The fourth-order valence-corrected chi connectivity index (χ4v) is 4.41. The Hall–Kier alpha value is -0.781. The molecule has 0 fully saturated rings. The molecule has 1 aromatic carbocycles. The molecule has 0 N–H and O–H groups in total. The van der Waals surface area contributed by atoms with Gasteiger partial charge in [0.05, 0.1) is 0 Å². The zero-order valence-electron chi connectivity index (χ0n) is 11.6. The van der Waals surface area contributed by atoms with Crippen LogP contribution in [0.25, 0.3) is 0 Å². The second-order valence-electron chi connectivity index (χ2n) is 4.39. The molecule has 0 aliphatic carbocycles. The van der Waals surface area contributed by atoms with Crippen molar-refractivity contribution in [2.75, 3.05) is 0 Å². The molecule has 1 heteroatoms. The van der Waals surface area contributed by atoms with Crippen LogP contribution in [-0.4, -0.2) is 15.0 Å². The second-order valence-corrected chi connectivity index (χ2v) is 6.84. The molecule has 98 valence electrons. The zero-order valence-corrected chi connectivity index (χ0v) is 13.3. The van der Waals surface area contributed by atoms with E-state index < -0.39 is 0 Å². The number of hydrogen-bond acceptors (Lipinski definition) is 0. The molecule has 0 spiro atoms. The fourth-order valence-electron chi connectivity index (χ4n) is 1.90. The molecule has 0 unspecified atom stereocenters. The number of allylic oxidation sites excluding steroid dienone is 3.